The van der Waals surface area contributed by atoms with Crippen molar-refractivity contribution in [2.45, 2.75) is 51.9 Å². The standard InChI is InChI=1S/C21H26N2O2/c1-2-3-4-5-7-13-19-16-22-21(23-17-19)25-20(24)15-10-14-18-11-8-6-9-12-18/h6,8-12,15-17H,2-5,7,13-14H2,1H3. The number of nitrogens with zero attached hydrogens (tertiary/aromatic N) is 2. The van der Waals surface area contributed by atoms with Crippen molar-refractivity contribution in [3.8, 4) is 6.01 Å². The van der Waals surface area contributed by atoms with Crippen molar-refractivity contribution < 1.29 is 9.53 Å². The largest absolute Gasteiger partial charge is 0.388 e. The fourth-order valence-electron chi connectivity index (χ4n) is 2.49. The molecule has 0 N–H and O–H groups in total. The summed E-state index contributed by atoms with van der Waals surface area (Å²) in [7, 11) is 0. The molecule has 4 nitrogen and oxygen atoms in total. The van der Waals surface area contributed by atoms with Crippen LogP contribution in [0, 0.1) is 0 Å². The third kappa shape index (κ3) is 7.75. The number of allylic oxidation sites excluding steroid dienone is 1. The van der Waals surface area contributed by atoms with Crippen molar-refractivity contribution >= 4 is 5.97 Å². The van der Waals surface area contributed by atoms with E-state index in [1.807, 2.05) is 30.3 Å². The molecule has 0 fully saturated rings. The van der Waals surface area contributed by atoms with Gasteiger partial charge in [-0.25, -0.2) is 14.8 Å². The molecule has 0 aliphatic rings. The maximum atomic E-state index is 11.8. The van der Waals surface area contributed by atoms with Crippen molar-refractivity contribution in [1.82, 2.24) is 9.97 Å². The lowest BCUT2D eigenvalue weighted by atomic mass is 10.1. The van der Waals surface area contributed by atoms with Crippen molar-refractivity contribution in [1.29, 1.82) is 0 Å². The van der Waals surface area contributed by atoms with E-state index < -0.39 is 5.97 Å². The lowest BCUT2D eigenvalue weighted by molar-refractivity contribution is -0.129. The van der Waals surface area contributed by atoms with Gasteiger partial charge >= 0.3 is 12.0 Å². The third-order valence-electron chi connectivity index (χ3n) is 3.89. The lowest BCUT2D eigenvalue weighted by Gasteiger charge is -2.02. The number of hydrogen-bond acceptors (Lipinski definition) is 4. The zero-order chi connectivity index (χ0) is 17.7. The third-order valence-corrected chi connectivity index (χ3v) is 3.89. The molecule has 2 rings (SSSR count). The number of ether oxygens (including phenoxy) is 1. The molecule has 0 aliphatic carbocycles. The SMILES string of the molecule is CCCCCCCc1cnc(OC(=O)C=CCc2ccccc2)nc1. The molecule has 0 radical (unpaired) electrons. The van der Waals surface area contributed by atoms with Gasteiger partial charge in [-0.1, -0.05) is 69.0 Å². The number of rotatable bonds is 10. The molecule has 132 valence electrons. The van der Waals surface area contributed by atoms with Crippen LogP contribution in [0.5, 0.6) is 6.01 Å². The van der Waals surface area contributed by atoms with Gasteiger partial charge in [0.15, 0.2) is 0 Å². The average molecular weight is 338 g/mol. The molecule has 1 aromatic carbocycles. The van der Waals surface area contributed by atoms with Crippen molar-refractivity contribution in [3.05, 3.63) is 66.0 Å². The molecular weight excluding hydrogens is 312 g/mol. The van der Waals surface area contributed by atoms with E-state index in [2.05, 4.69) is 16.9 Å². The molecule has 1 heterocycles. The number of unbranched alkanes of at least 4 members (excludes halogenated alkanes) is 4. The van der Waals surface area contributed by atoms with Crippen LogP contribution >= 0.6 is 0 Å². The Balaban J connectivity index is 1.71. The summed E-state index contributed by atoms with van der Waals surface area (Å²) in [5.74, 6) is -0.455. The van der Waals surface area contributed by atoms with E-state index >= 15 is 0 Å². The Morgan fingerprint density at radius 1 is 1.00 bits per heavy atom. The van der Waals surface area contributed by atoms with Crippen LogP contribution in [-0.4, -0.2) is 15.9 Å². The first-order valence-electron chi connectivity index (χ1n) is 9.01. The number of aryl methyl sites for hydroxylation is 1. The van der Waals surface area contributed by atoms with Gasteiger partial charge in [0.1, 0.15) is 0 Å². The predicted molar refractivity (Wildman–Crippen MR) is 99.4 cm³/mol. The van der Waals surface area contributed by atoms with E-state index in [4.69, 9.17) is 4.74 Å². The molecule has 0 aliphatic heterocycles. The average Bonchev–Trinajstić information content (AvgIpc) is 2.64. The number of carbonyl (C=O) groups is 1. The van der Waals surface area contributed by atoms with Gasteiger partial charge in [-0.15, -0.1) is 0 Å². The second-order valence-corrected chi connectivity index (χ2v) is 6.05. The topological polar surface area (TPSA) is 52.1 Å². The summed E-state index contributed by atoms with van der Waals surface area (Å²) in [4.78, 5) is 20.0. The maximum absolute atomic E-state index is 11.8. The van der Waals surface area contributed by atoms with Crippen molar-refractivity contribution in [2.75, 3.05) is 0 Å². The van der Waals surface area contributed by atoms with Gasteiger partial charge in [-0.3, -0.25) is 0 Å². The first-order valence-corrected chi connectivity index (χ1v) is 9.01. The highest BCUT2D eigenvalue weighted by Gasteiger charge is 2.04. The zero-order valence-electron chi connectivity index (χ0n) is 14.9. The summed E-state index contributed by atoms with van der Waals surface area (Å²) in [5, 5.41) is 0. The van der Waals surface area contributed by atoms with Crippen LogP contribution in [0.3, 0.4) is 0 Å². The molecule has 0 amide bonds. The van der Waals surface area contributed by atoms with Crippen LogP contribution in [0.25, 0.3) is 0 Å². The number of benzene rings is 1. The molecule has 2 aromatic rings. The highest BCUT2D eigenvalue weighted by atomic mass is 16.5. The van der Waals surface area contributed by atoms with Crippen LogP contribution in [-0.2, 0) is 17.6 Å². The van der Waals surface area contributed by atoms with Crippen LogP contribution < -0.4 is 4.74 Å². The Kier molecular flexibility index (Phi) is 8.39. The molecule has 0 bridgehead atoms. The Hall–Kier alpha value is -2.49. The van der Waals surface area contributed by atoms with Gasteiger partial charge in [0, 0.05) is 18.5 Å². The van der Waals surface area contributed by atoms with Gasteiger partial charge in [-0.05, 0) is 30.4 Å². The summed E-state index contributed by atoms with van der Waals surface area (Å²) in [6.07, 6.45) is 14.5. The van der Waals surface area contributed by atoms with Crippen LogP contribution in [0.1, 0.15) is 50.2 Å². The van der Waals surface area contributed by atoms with E-state index in [1.54, 1.807) is 18.5 Å². The van der Waals surface area contributed by atoms with Gasteiger partial charge in [0.05, 0.1) is 0 Å². The minimum Gasteiger partial charge on any atom is -0.388 e. The first-order chi connectivity index (χ1) is 12.3. The Morgan fingerprint density at radius 2 is 1.72 bits per heavy atom. The fraction of sp³-hybridized carbons (Fsp3) is 0.381. The van der Waals surface area contributed by atoms with Gasteiger partial charge in [0.2, 0.25) is 0 Å². The van der Waals surface area contributed by atoms with Crippen molar-refractivity contribution in [2.24, 2.45) is 0 Å². The summed E-state index contributed by atoms with van der Waals surface area (Å²) >= 11 is 0. The van der Waals surface area contributed by atoms with Crippen LogP contribution in [0.2, 0.25) is 0 Å². The molecule has 25 heavy (non-hydrogen) atoms. The van der Waals surface area contributed by atoms with Gasteiger partial charge in [0.25, 0.3) is 0 Å². The minimum absolute atomic E-state index is 0.101. The van der Waals surface area contributed by atoms with Crippen LogP contribution in [0.15, 0.2) is 54.9 Å². The summed E-state index contributed by atoms with van der Waals surface area (Å²) < 4.78 is 5.12. The monoisotopic (exact) mass is 338 g/mol. The van der Waals surface area contributed by atoms with Gasteiger partial charge in [-0.2, -0.15) is 0 Å². The molecule has 0 spiro atoms. The molecule has 0 saturated carbocycles. The second kappa shape index (κ2) is 11.1. The highest BCUT2D eigenvalue weighted by molar-refractivity contribution is 5.83. The number of aromatic nitrogens is 2. The smallest absolute Gasteiger partial charge is 0.338 e. The number of carbonyl (C=O) groups excluding carboxylic acids is 1. The fourth-order valence-corrected chi connectivity index (χ4v) is 2.49. The molecule has 4 heteroatoms. The van der Waals surface area contributed by atoms with Gasteiger partial charge < -0.3 is 4.74 Å². The maximum Gasteiger partial charge on any atom is 0.338 e. The summed E-state index contributed by atoms with van der Waals surface area (Å²) in [5.41, 5.74) is 2.22. The number of esters is 1. The highest BCUT2D eigenvalue weighted by Crippen LogP contribution is 2.09. The minimum atomic E-state index is -0.455. The lowest BCUT2D eigenvalue weighted by Crippen LogP contribution is -2.07. The van der Waals surface area contributed by atoms with E-state index in [9.17, 15) is 4.79 Å². The Labute approximate surface area is 150 Å². The van der Waals surface area contributed by atoms with E-state index in [0.29, 0.717) is 6.42 Å². The molecule has 1 aromatic heterocycles. The van der Waals surface area contributed by atoms with Crippen LogP contribution in [0.4, 0.5) is 0 Å². The molecular formula is C21H26N2O2. The Morgan fingerprint density at radius 3 is 2.44 bits per heavy atom. The normalized spacial score (nSPS) is 10.9. The van der Waals surface area contributed by atoms with E-state index in [1.165, 1.54) is 31.8 Å². The van der Waals surface area contributed by atoms with E-state index in [0.717, 1.165) is 24.0 Å². The first kappa shape index (κ1) is 18.8. The molecule has 0 atom stereocenters. The summed E-state index contributed by atoms with van der Waals surface area (Å²) in [6, 6.07) is 10.0. The quantitative estimate of drug-likeness (QED) is 0.358. The second-order valence-electron chi connectivity index (χ2n) is 6.05. The van der Waals surface area contributed by atoms with Crippen molar-refractivity contribution in [3.63, 3.8) is 0 Å². The summed E-state index contributed by atoms with van der Waals surface area (Å²) in [6.45, 7) is 2.21. The molecule has 0 saturated heterocycles. The predicted octanol–water partition coefficient (Wildman–Crippen LogP) is 4.69. The molecule has 0 unspecified atom stereocenters. The van der Waals surface area contributed by atoms with E-state index in [-0.39, 0.29) is 6.01 Å². The Bertz CT molecular complexity index is 651. The number of hydrogen-bond donors (Lipinski definition) is 0. The zero-order valence-corrected chi connectivity index (χ0v) is 14.9.